The molecular weight excluding hydrogens is 522 g/mol. The predicted octanol–water partition coefficient (Wildman–Crippen LogP) is 7.50. The third-order valence-electron chi connectivity index (χ3n) is 4.84. The molecule has 1 aromatic heterocycles. The van der Waals surface area contributed by atoms with Gasteiger partial charge in [-0.2, -0.15) is 0 Å². The molecule has 5 nitrogen and oxygen atoms in total. The van der Waals surface area contributed by atoms with E-state index in [0.717, 1.165) is 5.56 Å². The molecule has 33 heavy (non-hydrogen) atoms. The second kappa shape index (κ2) is 11.6. The van der Waals surface area contributed by atoms with Crippen molar-refractivity contribution in [3.05, 3.63) is 86.1 Å². The third kappa shape index (κ3) is 6.46. The van der Waals surface area contributed by atoms with Gasteiger partial charge in [0.2, 0.25) is 0 Å². The Labute approximate surface area is 217 Å². The molecule has 3 aromatic rings. The number of carbonyl (C=O) groups excluding carboxylic acids is 1. The Morgan fingerprint density at radius 2 is 1.76 bits per heavy atom. The lowest BCUT2D eigenvalue weighted by Crippen LogP contribution is -2.34. The average molecular weight is 544 g/mol. The fourth-order valence-electron chi connectivity index (χ4n) is 3.14. The van der Waals surface area contributed by atoms with Gasteiger partial charge in [0.05, 0.1) is 16.6 Å². The van der Waals surface area contributed by atoms with Crippen LogP contribution in [0, 0.1) is 5.92 Å². The quantitative estimate of drug-likeness (QED) is 0.224. The highest BCUT2D eigenvalue weighted by Gasteiger charge is 2.27. The summed E-state index contributed by atoms with van der Waals surface area (Å²) in [6.07, 6.45) is 1.77. The molecule has 174 valence electrons. The van der Waals surface area contributed by atoms with Gasteiger partial charge in [0.1, 0.15) is 0 Å². The van der Waals surface area contributed by atoms with Crippen LogP contribution in [0.15, 0.2) is 54.2 Å². The lowest BCUT2D eigenvalue weighted by atomic mass is 10.0. The highest BCUT2D eigenvalue weighted by molar-refractivity contribution is 7.98. The van der Waals surface area contributed by atoms with E-state index >= 15 is 0 Å². The number of halogens is 4. The van der Waals surface area contributed by atoms with Gasteiger partial charge >= 0.3 is 0 Å². The predicted molar refractivity (Wildman–Crippen MR) is 138 cm³/mol. The maximum atomic E-state index is 13.0. The van der Waals surface area contributed by atoms with Crippen molar-refractivity contribution in [2.24, 2.45) is 5.92 Å². The van der Waals surface area contributed by atoms with Crippen LogP contribution >= 0.6 is 58.2 Å². The van der Waals surface area contributed by atoms with Crippen LogP contribution in [0.2, 0.25) is 20.1 Å². The van der Waals surface area contributed by atoms with Gasteiger partial charge in [-0.3, -0.25) is 4.79 Å². The Kier molecular flexibility index (Phi) is 9.13. The van der Waals surface area contributed by atoms with Gasteiger partial charge in [0.15, 0.2) is 11.0 Å². The van der Waals surface area contributed by atoms with E-state index in [4.69, 9.17) is 46.4 Å². The van der Waals surface area contributed by atoms with E-state index in [-0.39, 0.29) is 16.8 Å². The molecule has 0 saturated carbocycles. The zero-order valence-electron chi connectivity index (χ0n) is 18.0. The summed E-state index contributed by atoms with van der Waals surface area (Å²) in [6.45, 7) is 8.34. The molecule has 0 fully saturated rings. The van der Waals surface area contributed by atoms with E-state index in [1.807, 2.05) is 24.5 Å². The molecule has 0 unspecified atom stereocenters. The van der Waals surface area contributed by atoms with E-state index in [2.05, 4.69) is 22.1 Å². The molecular formula is C23H22Cl4N4OS. The second-order valence-electron chi connectivity index (χ2n) is 7.58. The Morgan fingerprint density at radius 1 is 1.09 bits per heavy atom. The first-order chi connectivity index (χ1) is 15.7. The molecule has 3 rings (SSSR count). The maximum absolute atomic E-state index is 13.0. The van der Waals surface area contributed by atoms with Crippen LogP contribution < -0.4 is 5.32 Å². The summed E-state index contributed by atoms with van der Waals surface area (Å²) >= 11 is 26.0. The van der Waals surface area contributed by atoms with E-state index in [0.29, 0.717) is 43.9 Å². The largest absolute Gasteiger partial charge is 0.342 e. The molecule has 0 bridgehead atoms. The number of hydrogen-bond donors (Lipinski definition) is 1. The van der Waals surface area contributed by atoms with E-state index in [9.17, 15) is 4.79 Å². The zero-order valence-corrected chi connectivity index (χ0v) is 21.8. The summed E-state index contributed by atoms with van der Waals surface area (Å²) in [6, 6.07) is 9.77. The van der Waals surface area contributed by atoms with E-state index < -0.39 is 6.04 Å². The van der Waals surface area contributed by atoms with Crippen LogP contribution in [0.25, 0.3) is 0 Å². The van der Waals surface area contributed by atoms with Gasteiger partial charge < -0.3 is 9.88 Å². The lowest BCUT2D eigenvalue weighted by Gasteiger charge is -2.23. The minimum atomic E-state index is -0.398. The molecule has 1 N–H and O–H groups in total. The molecule has 0 aliphatic carbocycles. The van der Waals surface area contributed by atoms with Crippen LogP contribution in [0.1, 0.15) is 41.6 Å². The summed E-state index contributed by atoms with van der Waals surface area (Å²) in [7, 11) is 0. The number of thioether (sulfide) groups is 1. The van der Waals surface area contributed by atoms with Crippen molar-refractivity contribution in [2.75, 3.05) is 0 Å². The number of carbonyl (C=O) groups is 1. The van der Waals surface area contributed by atoms with Gasteiger partial charge in [-0.05, 0) is 41.8 Å². The Balaban J connectivity index is 1.86. The van der Waals surface area contributed by atoms with Gasteiger partial charge in [0, 0.05) is 27.4 Å². The Hall–Kier alpha value is -1.70. The minimum absolute atomic E-state index is 0.0383. The molecule has 0 spiro atoms. The topological polar surface area (TPSA) is 59.8 Å². The van der Waals surface area contributed by atoms with Crippen LogP contribution in [0.4, 0.5) is 0 Å². The fraction of sp³-hybridized carbons (Fsp3) is 0.261. The normalized spacial score (nSPS) is 12.1. The molecule has 0 aliphatic rings. The zero-order chi connectivity index (χ0) is 24.1. The standard InChI is InChI=1S/C23H22Cl4N4OS/c1-4-9-31-21(29-30-23(31)33-12-14-5-6-15(24)10-18(14)26)20(13(2)3)28-22(32)17-8-7-16(25)11-19(17)27/h4-8,10-11,13,20H,1,9,12H2,2-3H3,(H,28,32)/t20-/m0/s1. The van der Waals surface area contributed by atoms with E-state index in [1.165, 1.54) is 11.8 Å². The van der Waals surface area contributed by atoms with E-state index in [1.54, 1.807) is 36.4 Å². The van der Waals surface area contributed by atoms with Crippen molar-refractivity contribution in [3.8, 4) is 0 Å². The number of allylic oxidation sites excluding steroid dienone is 1. The van der Waals surface area contributed by atoms with Crippen LogP contribution in [0.3, 0.4) is 0 Å². The summed E-state index contributed by atoms with van der Waals surface area (Å²) in [5, 5.41) is 14.4. The molecule has 2 aromatic carbocycles. The van der Waals surface area contributed by atoms with Gasteiger partial charge in [-0.15, -0.1) is 16.8 Å². The second-order valence-corrected chi connectivity index (χ2v) is 10.2. The number of amides is 1. The Bertz CT molecular complexity index is 1170. The number of aromatic nitrogens is 3. The average Bonchev–Trinajstić information content (AvgIpc) is 3.13. The molecule has 1 heterocycles. The molecule has 1 atom stereocenters. The first-order valence-corrected chi connectivity index (χ1v) is 12.6. The van der Waals surface area contributed by atoms with Gasteiger partial charge in [-0.1, -0.05) is 84.2 Å². The van der Waals surface area contributed by atoms with Gasteiger partial charge in [0.25, 0.3) is 5.91 Å². The van der Waals surface area contributed by atoms with Crippen molar-refractivity contribution in [1.29, 1.82) is 0 Å². The first-order valence-electron chi connectivity index (χ1n) is 10.1. The van der Waals surface area contributed by atoms with Crippen molar-refractivity contribution in [2.45, 2.75) is 37.3 Å². The maximum Gasteiger partial charge on any atom is 0.253 e. The number of nitrogens with one attached hydrogen (secondary N) is 1. The number of benzene rings is 2. The van der Waals surface area contributed by atoms with Crippen molar-refractivity contribution < 1.29 is 4.79 Å². The lowest BCUT2D eigenvalue weighted by molar-refractivity contribution is 0.0922. The summed E-state index contributed by atoms with van der Waals surface area (Å²) < 4.78 is 1.94. The van der Waals surface area contributed by atoms with Crippen molar-refractivity contribution in [3.63, 3.8) is 0 Å². The SMILES string of the molecule is C=CCn1c(SCc2ccc(Cl)cc2Cl)nnc1[C@@H](NC(=O)c1ccc(Cl)cc1Cl)C(C)C. The number of rotatable bonds is 9. The summed E-state index contributed by atoms with van der Waals surface area (Å²) in [5.74, 6) is 0.944. The highest BCUT2D eigenvalue weighted by atomic mass is 35.5. The molecule has 10 heteroatoms. The number of hydrogen-bond acceptors (Lipinski definition) is 4. The summed E-state index contributed by atoms with van der Waals surface area (Å²) in [4.78, 5) is 13.0. The first kappa shape index (κ1) is 25.9. The Morgan fingerprint density at radius 3 is 2.36 bits per heavy atom. The van der Waals surface area contributed by atoms with Crippen LogP contribution in [-0.4, -0.2) is 20.7 Å². The van der Waals surface area contributed by atoms with Crippen LogP contribution in [0.5, 0.6) is 0 Å². The molecule has 0 radical (unpaired) electrons. The van der Waals surface area contributed by atoms with Crippen LogP contribution in [-0.2, 0) is 12.3 Å². The third-order valence-corrected chi connectivity index (χ3v) is 6.99. The molecule has 0 saturated heterocycles. The fourth-order valence-corrected chi connectivity index (χ4v) is 5.15. The minimum Gasteiger partial charge on any atom is -0.342 e. The smallest absolute Gasteiger partial charge is 0.253 e. The summed E-state index contributed by atoms with van der Waals surface area (Å²) in [5.41, 5.74) is 1.28. The van der Waals surface area contributed by atoms with Crippen molar-refractivity contribution in [1.82, 2.24) is 20.1 Å². The molecule has 1 amide bonds. The highest BCUT2D eigenvalue weighted by Crippen LogP contribution is 2.31. The number of nitrogens with zero attached hydrogens (tertiary/aromatic N) is 3. The monoisotopic (exact) mass is 542 g/mol. The molecule has 0 aliphatic heterocycles. The van der Waals surface area contributed by atoms with Gasteiger partial charge in [-0.25, -0.2) is 0 Å². The van der Waals surface area contributed by atoms with Crippen molar-refractivity contribution >= 4 is 64.1 Å².